The maximum absolute atomic E-state index is 10.8. The Morgan fingerprint density at radius 3 is 3.00 bits per heavy atom. The summed E-state index contributed by atoms with van der Waals surface area (Å²) in [7, 11) is 1.51. The number of halogens is 1. The maximum Gasteiger partial charge on any atom is 0.238 e. The van der Waals surface area contributed by atoms with E-state index in [1.807, 2.05) is 0 Å². The molecule has 8 heteroatoms. The largest absolute Gasteiger partial charge is 0.286 e. The molecule has 6 nitrogen and oxygen atoms in total. The third-order valence-electron chi connectivity index (χ3n) is 1.56. The van der Waals surface area contributed by atoms with Gasteiger partial charge in [-0.3, -0.25) is 9.38 Å². The van der Waals surface area contributed by atoms with Crippen LogP contribution in [-0.4, -0.2) is 28.0 Å². The summed E-state index contributed by atoms with van der Waals surface area (Å²) in [6.45, 7) is 0. The van der Waals surface area contributed by atoms with Crippen molar-refractivity contribution in [3.05, 3.63) is 24.4 Å². The Balaban J connectivity index is 2.44. The van der Waals surface area contributed by atoms with Crippen LogP contribution in [0.1, 0.15) is 5.69 Å². The second-order valence-corrected chi connectivity index (χ2v) is 5.44. The molecule has 0 amide bonds. The van der Waals surface area contributed by atoms with Crippen LogP contribution >= 0.6 is 10.7 Å². The van der Waals surface area contributed by atoms with Crippen molar-refractivity contribution < 1.29 is 8.42 Å². The van der Waals surface area contributed by atoms with Crippen LogP contribution < -0.4 is 0 Å². The van der Waals surface area contributed by atoms with Gasteiger partial charge in [0.25, 0.3) is 0 Å². The Kier molecular flexibility index (Phi) is 2.12. The minimum Gasteiger partial charge on any atom is -0.286 e. The molecular weight excluding hydrogens is 228 g/mol. The number of hydrogen-bond acceptors (Lipinski definition) is 5. The third kappa shape index (κ3) is 1.99. The lowest BCUT2D eigenvalue weighted by Crippen LogP contribution is -1.99. The molecule has 0 aromatic carbocycles. The molecule has 2 rings (SSSR count). The highest BCUT2D eigenvalue weighted by atomic mass is 35.7. The van der Waals surface area contributed by atoms with Gasteiger partial charge in [-0.05, 0) is 0 Å². The first-order valence-corrected chi connectivity index (χ1v) is 6.09. The smallest absolute Gasteiger partial charge is 0.238 e. The van der Waals surface area contributed by atoms with E-state index in [-0.39, 0.29) is 5.75 Å². The topological polar surface area (TPSA) is 77.2 Å². The van der Waals surface area contributed by atoms with Gasteiger partial charge in [0.05, 0.1) is 11.9 Å². The molecule has 0 N–H and O–H groups in total. The van der Waals surface area contributed by atoms with Gasteiger partial charge in [0, 0.05) is 16.9 Å². The first-order chi connectivity index (χ1) is 6.54. The van der Waals surface area contributed by atoms with Crippen LogP contribution in [0.15, 0.2) is 18.7 Å². The molecule has 0 aliphatic heterocycles. The van der Waals surface area contributed by atoms with E-state index in [1.165, 1.54) is 18.7 Å². The molecule has 2 aromatic heterocycles. The van der Waals surface area contributed by atoms with Gasteiger partial charge in [-0.2, -0.15) is 0 Å². The quantitative estimate of drug-likeness (QED) is 0.691. The molecule has 2 aromatic rings. The molecule has 0 bridgehead atoms. The highest BCUT2D eigenvalue weighted by molar-refractivity contribution is 8.13. The van der Waals surface area contributed by atoms with Crippen molar-refractivity contribution in [2.75, 3.05) is 0 Å². The van der Waals surface area contributed by atoms with Gasteiger partial charge in [-0.25, -0.2) is 8.42 Å². The maximum atomic E-state index is 10.8. The van der Waals surface area contributed by atoms with Crippen molar-refractivity contribution >= 4 is 25.4 Å². The SMILES string of the molecule is O=S(=O)(Cl)Cc1cn2cnnc2cn1. The molecule has 2 heterocycles. The summed E-state index contributed by atoms with van der Waals surface area (Å²) >= 11 is 0. The zero-order valence-electron chi connectivity index (χ0n) is 6.83. The lowest BCUT2D eigenvalue weighted by atomic mass is 10.5. The number of rotatable bonds is 2. The van der Waals surface area contributed by atoms with E-state index < -0.39 is 9.05 Å². The Labute approximate surface area is 84.0 Å². The number of aromatic nitrogens is 4. The Morgan fingerprint density at radius 1 is 1.50 bits per heavy atom. The van der Waals surface area contributed by atoms with E-state index in [0.717, 1.165) is 0 Å². The van der Waals surface area contributed by atoms with Gasteiger partial charge in [0.15, 0.2) is 5.65 Å². The minimum atomic E-state index is -3.57. The lowest BCUT2D eigenvalue weighted by Gasteiger charge is -1.97. The first kappa shape index (κ1) is 9.35. The summed E-state index contributed by atoms with van der Waals surface area (Å²) in [5.74, 6) is -0.303. The average molecular weight is 233 g/mol. The molecule has 0 saturated heterocycles. The minimum absolute atomic E-state index is 0.303. The van der Waals surface area contributed by atoms with Crippen LogP contribution in [-0.2, 0) is 14.8 Å². The first-order valence-electron chi connectivity index (χ1n) is 3.61. The van der Waals surface area contributed by atoms with Crippen molar-refractivity contribution in [2.24, 2.45) is 0 Å². The van der Waals surface area contributed by atoms with Crippen LogP contribution in [0.5, 0.6) is 0 Å². The molecule has 0 aliphatic carbocycles. The lowest BCUT2D eigenvalue weighted by molar-refractivity contribution is 0.608. The summed E-state index contributed by atoms with van der Waals surface area (Å²) in [5, 5.41) is 7.35. The third-order valence-corrected chi connectivity index (χ3v) is 2.52. The summed E-state index contributed by atoms with van der Waals surface area (Å²) in [4.78, 5) is 3.88. The molecule has 0 spiro atoms. The zero-order valence-corrected chi connectivity index (χ0v) is 8.40. The van der Waals surface area contributed by atoms with Crippen molar-refractivity contribution in [3.63, 3.8) is 0 Å². The highest BCUT2D eigenvalue weighted by Crippen LogP contribution is 2.07. The van der Waals surface area contributed by atoms with Crippen LogP contribution in [0.4, 0.5) is 0 Å². The Morgan fingerprint density at radius 2 is 2.29 bits per heavy atom. The van der Waals surface area contributed by atoms with Gasteiger partial charge in [-0.15, -0.1) is 10.2 Å². The van der Waals surface area contributed by atoms with Crippen LogP contribution in [0.2, 0.25) is 0 Å². The van der Waals surface area contributed by atoms with Gasteiger partial charge in [0.1, 0.15) is 12.1 Å². The van der Waals surface area contributed by atoms with E-state index >= 15 is 0 Å². The molecule has 74 valence electrons. The standard InChI is InChI=1S/C6H5ClN4O2S/c7-14(12,13)3-5-2-11-4-9-10-6(11)1-8-5/h1-2,4H,3H2. The predicted molar refractivity (Wildman–Crippen MR) is 49.3 cm³/mol. The summed E-state index contributed by atoms with van der Waals surface area (Å²) in [5.41, 5.74) is 0.910. The van der Waals surface area contributed by atoms with Crippen molar-refractivity contribution in [2.45, 2.75) is 5.75 Å². The Hall–Kier alpha value is -1.21. The monoisotopic (exact) mass is 232 g/mol. The predicted octanol–water partition coefficient (Wildman–Crippen LogP) is 0.193. The van der Waals surface area contributed by atoms with Crippen molar-refractivity contribution in [3.8, 4) is 0 Å². The molecule has 0 unspecified atom stereocenters. The number of nitrogens with zero attached hydrogens (tertiary/aromatic N) is 4. The summed E-state index contributed by atoms with van der Waals surface area (Å²) in [6, 6.07) is 0. The van der Waals surface area contributed by atoms with E-state index in [9.17, 15) is 8.42 Å². The van der Waals surface area contributed by atoms with E-state index in [1.54, 1.807) is 4.40 Å². The summed E-state index contributed by atoms with van der Waals surface area (Å²) < 4.78 is 23.1. The van der Waals surface area contributed by atoms with Crippen LogP contribution in [0, 0.1) is 0 Å². The molecule has 0 fully saturated rings. The highest BCUT2D eigenvalue weighted by Gasteiger charge is 2.09. The number of hydrogen-bond donors (Lipinski definition) is 0. The molecule has 0 atom stereocenters. The molecule has 14 heavy (non-hydrogen) atoms. The normalized spacial score (nSPS) is 12.1. The van der Waals surface area contributed by atoms with E-state index in [2.05, 4.69) is 15.2 Å². The second-order valence-electron chi connectivity index (χ2n) is 2.66. The van der Waals surface area contributed by atoms with Gasteiger partial charge < -0.3 is 0 Å². The summed E-state index contributed by atoms with van der Waals surface area (Å²) in [6.07, 6.45) is 4.42. The van der Waals surface area contributed by atoms with Gasteiger partial charge in [0.2, 0.25) is 9.05 Å². The molecular formula is C6H5ClN4O2S. The van der Waals surface area contributed by atoms with Gasteiger partial charge >= 0.3 is 0 Å². The fourth-order valence-electron chi connectivity index (χ4n) is 1.03. The van der Waals surface area contributed by atoms with Crippen molar-refractivity contribution in [1.29, 1.82) is 0 Å². The van der Waals surface area contributed by atoms with E-state index in [0.29, 0.717) is 11.3 Å². The van der Waals surface area contributed by atoms with Crippen LogP contribution in [0.3, 0.4) is 0 Å². The van der Waals surface area contributed by atoms with Crippen LogP contribution in [0.25, 0.3) is 5.65 Å². The zero-order chi connectivity index (χ0) is 10.2. The molecule has 0 aliphatic rings. The van der Waals surface area contributed by atoms with Gasteiger partial charge in [-0.1, -0.05) is 0 Å². The second kappa shape index (κ2) is 3.18. The fraction of sp³-hybridized carbons (Fsp3) is 0.167. The number of fused-ring (bicyclic) bond motifs is 1. The van der Waals surface area contributed by atoms with Crippen molar-refractivity contribution in [1.82, 2.24) is 19.6 Å². The molecule has 0 saturated carbocycles. The Bertz CT molecular complexity index is 564. The van der Waals surface area contributed by atoms with E-state index in [4.69, 9.17) is 10.7 Å². The average Bonchev–Trinajstić information content (AvgIpc) is 2.47. The fourth-order valence-corrected chi connectivity index (χ4v) is 1.87. The molecule has 0 radical (unpaired) electrons.